The van der Waals surface area contributed by atoms with E-state index in [-0.39, 0.29) is 29.2 Å². The second-order valence-electron chi connectivity index (χ2n) is 7.52. The van der Waals surface area contributed by atoms with Gasteiger partial charge in [0.05, 0.1) is 18.6 Å². The lowest BCUT2D eigenvalue weighted by atomic mass is 10.1. The SMILES string of the molecule is CCN(CC)S(=O)(=O)c1ccc(C(=O)N2CC(Oc3ccccc3F)CC2C(=O)OC)cc1. The summed E-state index contributed by atoms with van der Waals surface area (Å²) in [6.07, 6.45) is -0.474. The Labute approximate surface area is 192 Å². The fourth-order valence-corrected chi connectivity index (χ4v) is 5.29. The second kappa shape index (κ2) is 10.3. The maximum absolute atomic E-state index is 14.0. The third kappa shape index (κ3) is 5.17. The van der Waals surface area contributed by atoms with E-state index in [1.807, 2.05) is 0 Å². The minimum absolute atomic E-state index is 0.0337. The Morgan fingerprint density at radius 2 is 1.73 bits per heavy atom. The summed E-state index contributed by atoms with van der Waals surface area (Å²) in [5.74, 6) is -1.59. The Morgan fingerprint density at radius 1 is 1.09 bits per heavy atom. The first-order valence-corrected chi connectivity index (χ1v) is 12.1. The third-order valence-corrected chi connectivity index (χ3v) is 7.64. The van der Waals surface area contributed by atoms with Crippen LogP contribution in [0.4, 0.5) is 4.39 Å². The highest BCUT2D eigenvalue weighted by Crippen LogP contribution is 2.27. The molecule has 1 saturated heterocycles. The van der Waals surface area contributed by atoms with E-state index < -0.39 is 39.9 Å². The number of ether oxygens (including phenoxy) is 2. The lowest BCUT2D eigenvalue weighted by Gasteiger charge is -2.23. The molecule has 2 aromatic carbocycles. The molecule has 2 atom stereocenters. The number of likely N-dealkylation sites (tertiary alicyclic amines) is 1. The summed E-state index contributed by atoms with van der Waals surface area (Å²) in [6.45, 7) is 4.21. The number of carbonyl (C=O) groups is 2. The Balaban J connectivity index is 1.81. The molecule has 1 amide bonds. The Bertz CT molecular complexity index is 1100. The van der Waals surface area contributed by atoms with Crippen LogP contribution in [0.2, 0.25) is 0 Å². The van der Waals surface area contributed by atoms with Crippen molar-refractivity contribution in [2.24, 2.45) is 0 Å². The zero-order chi connectivity index (χ0) is 24.2. The Kier molecular flexibility index (Phi) is 7.70. The van der Waals surface area contributed by atoms with Crippen LogP contribution in [0.15, 0.2) is 53.4 Å². The van der Waals surface area contributed by atoms with E-state index in [0.717, 1.165) is 0 Å². The quantitative estimate of drug-likeness (QED) is 0.542. The van der Waals surface area contributed by atoms with E-state index in [0.29, 0.717) is 13.1 Å². The van der Waals surface area contributed by atoms with Gasteiger partial charge in [-0.25, -0.2) is 17.6 Å². The zero-order valence-electron chi connectivity index (χ0n) is 18.7. The van der Waals surface area contributed by atoms with E-state index in [1.54, 1.807) is 19.9 Å². The van der Waals surface area contributed by atoms with E-state index in [9.17, 15) is 22.4 Å². The van der Waals surface area contributed by atoms with Gasteiger partial charge in [-0.05, 0) is 36.4 Å². The lowest BCUT2D eigenvalue weighted by molar-refractivity contribution is -0.145. The molecule has 1 heterocycles. The minimum atomic E-state index is -3.66. The van der Waals surface area contributed by atoms with Crippen molar-refractivity contribution in [1.82, 2.24) is 9.21 Å². The second-order valence-corrected chi connectivity index (χ2v) is 9.45. The highest BCUT2D eigenvalue weighted by molar-refractivity contribution is 7.89. The van der Waals surface area contributed by atoms with E-state index in [2.05, 4.69) is 0 Å². The van der Waals surface area contributed by atoms with Gasteiger partial charge in [0.25, 0.3) is 5.91 Å². The molecule has 1 fully saturated rings. The van der Waals surface area contributed by atoms with Gasteiger partial charge in [0.2, 0.25) is 10.0 Å². The smallest absolute Gasteiger partial charge is 0.328 e. The van der Waals surface area contributed by atoms with E-state index in [4.69, 9.17) is 9.47 Å². The average Bonchev–Trinajstić information content (AvgIpc) is 3.24. The van der Waals surface area contributed by atoms with Crippen molar-refractivity contribution >= 4 is 21.9 Å². The number of rotatable bonds is 8. The predicted octanol–water partition coefficient (Wildman–Crippen LogP) is 2.69. The first kappa shape index (κ1) is 24.7. The van der Waals surface area contributed by atoms with Crippen molar-refractivity contribution in [3.05, 3.63) is 59.9 Å². The molecule has 0 aliphatic carbocycles. The highest BCUT2D eigenvalue weighted by Gasteiger charge is 2.42. The maximum atomic E-state index is 14.0. The normalized spacial score (nSPS) is 18.4. The van der Waals surface area contributed by atoms with Crippen LogP contribution in [0.1, 0.15) is 30.6 Å². The molecule has 2 unspecified atom stereocenters. The van der Waals surface area contributed by atoms with Gasteiger partial charge >= 0.3 is 5.97 Å². The topological polar surface area (TPSA) is 93.2 Å². The summed E-state index contributed by atoms with van der Waals surface area (Å²) in [5.41, 5.74) is 0.217. The number of amides is 1. The molecule has 1 aliphatic rings. The minimum Gasteiger partial charge on any atom is -0.485 e. The molecule has 8 nitrogen and oxygen atoms in total. The molecule has 0 radical (unpaired) electrons. The summed E-state index contributed by atoms with van der Waals surface area (Å²) in [7, 11) is -2.43. The molecule has 10 heteroatoms. The summed E-state index contributed by atoms with van der Waals surface area (Å²) < 4.78 is 51.2. The summed E-state index contributed by atoms with van der Waals surface area (Å²) in [6, 6.07) is 10.6. The van der Waals surface area contributed by atoms with Crippen molar-refractivity contribution in [2.75, 3.05) is 26.7 Å². The van der Waals surface area contributed by atoms with Gasteiger partial charge in [0.15, 0.2) is 11.6 Å². The van der Waals surface area contributed by atoms with Crippen LogP contribution in [0.5, 0.6) is 5.75 Å². The largest absolute Gasteiger partial charge is 0.485 e. The zero-order valence-corrected chi connectivity index (χ0v) is 19.5. The number of benzene rings is 2. The molecule has 0 spiro atoms. The van der Waals surface area contributed by atoms with Crippen LogP contribution in [0, 0.1) is 5.82 Å². The van der Waals surface area contributed by atoms with Crippen molar-refractivity contribution in [3.8, 4) is 5.75 Å². The highest BCUT2D eigenvalue weighted by atomic mass is 32.2. The molecule has 3 rings (SSSR count). The molecule has 2 aromatic rings. The van der Waals surface area contributed by atoms with Gasteiger partial charge < -0.3 is 14.4 Å². The Morgan fingerprint density at radius 3 is 2.30 bits per heavy atom. The van der Waals surface area contributed by atoms with Gasteiger partial charge in [0.1, 0.15) is 12.1 Å². The molecule has 33 heavy (non-hydrogen) atoms. The number of halogens is 1. The van der Waals surface area contributed by atoms with Gasteiger partial charge in [0, 0.05) is 25.1 Å². The number of esters is 1. The van der Waals surface area contributed by atoms with Crippen molar-refractivity contribution in [3.63, 3.8) is 0 Å². The molecule has 0 saturated carbocycles. The van der Waals surface area contributed by atoms with E-state index >= 15 is 0 Å². The number of methoxy groups -OCH3 is 1. The van der Waals surface area contributed by atoms with Gasteiger partial charge in [-0.3, -0.25) is 4.79 Å². The molecular weight excluding hydrogens is 451 g/mol. The van der Waals surface area contributed by atoms with Crippen LogP contribution in [-0.4, -0.2) is 68.4 Å². The fraction of sp³-hybridized carbons (Fsp3) is 0.391. The van der Waals surface area contributed by atoms with Crippen LogP contribution in [0.25, 0.3) is 0 Å². The van der Waals surface area contributed by atoms with Crippen molar-refractivity contribution < 1.29 is 31.9 Å². The fourth-order valence-electron chi connectivity index (χ4n) is 3.83. The number of hydrogen-bond acceptors (Lipinski definition) is 6. The van der Waals surface area contributed by atoms with Crippen LogP contribution < -0.4 is 4.74 Å². The van der Waals surface area contributed by atoms with Crippen molar-refractivity contribution in [1.29, 1.82) is 0 Å². The van der Waals surface area contributed by atoms with Gasteiger partial charge in [-0.1, -0.05) is 26.0 Å². The summed E-state index contributed by atoms with van der Waals surface area (Å²) in [4.78, 5) is 26.9. The molecule has 0 N–H and O–H groups in total. The first-order valence-electron chi connectivity index (χ1n) is 10.6. The number of carbonyl (C=O) groups excluding carboxylic acids is 2. The van der Waals surface area contributed by atoms with Gasteiger partial charge in [-0.15, -0.1) is 0 Å². The maximum Gasteiger partial charge on any atom is 0.328 e. The van der Waals surface area contributed by atoms with Crippen molar-refractivity contribution in [2.45, 2.75) is 37.3 Å². The summed E-state index contributed by atoms with van der Waals surface area (Å²) in [5, 5.41) is 0. The standard InChI is InChI=1S/C23H27FN2O6S/c1-4-25(5-2)33(29,30)18-12-10-16(11-13-18)22(27)26-15-17(14-20(26)23(28)31-3)32-21-9-7-6-8-19(21)24/h6-13,17,20H,4-5,14-15H2,1-3H3. The number of para-hydroxylation sites is 1. The summed E-state index contributed by atoms with van der Waals surface area (Å²) >= 11 is 0. The first-order chi connectivity index (χ1) is 15.7. The Hall–Kier alpha value is -2.98. The number of hydrogen-bond donors (Lipinski definition) is 0. The molecule has 0 bridgehead atoms. The lowest BCUT2D eigenvalue weighted by Crippen LogP contribution is -2.41. The van der Waals surface area contributed by atoms with Crippen LogP contribution >= 0.6 is 0 Å². The molecule has 1 aliphatic heterocycles. The monoisotopic (exact) mass is 478 g/mol. The average molecular weight is 479 g/mol. The van der Waals surface area contributed by atoms with Crippen LogP contribution in [0.3, 0.4) is 0 Å². The van der Waals surface area contributed by atoms with E-state index in [1.165, 1.54) is 58.8 Å². The molecule has 178 valence electrons. The predicted molar refractivity (Wildman–Crippen MR) is 119 cm³/mol. The van der Waals surface area contributed by atoms with Crippen LogP contribution in [-0.2, 0) is 19.6 Å². The number of sulfonamides is 1. The third-order valence-electron chi connectivity index (χ3n) is 5.57. The van der Waals surface area contributed by atoms with Gasteiger partial charge in [-0.2, -0.15) is 4.31 Å². The number of nitrogens with zero attached hydrogens (tertiary/aromatic N) is 2. The molecular formula is C23H27FN2O6S. The molecule has 0 aromatic heterocycles.